The quantitative estimate of drug-likeness (QED) is 0.418. The summed E-state index contributed by atoms with van der Waals surface area (Å²) >= 11 is 0. The molecule has 0 radical (unpaired) electrons. The first kappa shape index (κ1) is 13.1. The van der Waals surface area contributed by atoms with E-state index >= 15 is 0 Å². The fraction of sp³-hybridized carbons (Fsp3) is 0.0588. The zero-order valence-electron chi connectivity index (χ0n) is 11.1. The Morgan fingerprint density at radius 2 is 1.67 bits per heavy atom. The Kier molecular flexibility index (Phi) is 3.51. The standard InChI is InChI=1S/C17H12O4/c18-16(15-10-13-8-4-5-9-14(13)21-15)17(19)20-11-12-6-2-1-3-7-12/h1-10H,11H2. The average Bonchev–Trinajstić information content (AvgIpc) is 2.97. The normalized spacial score (nSPS) is 10.5. The summed E-state index contributed by atoms with van der Waals surface area (Å²) in [5.74, 6) is -1.70. The van der Waals surface area contributed by atoms with Gasteiger partial charge in [0.05, 0.1) is 0 Å². The van der Waals surface area contributed by atoms with Crippen molar-refractivity contribution in [3.63, 3.8) is 0 Å². The number of carbonyl (C=O) groups is 2. The molecule has 4 nitrogen and oxygen atoms in total. The fourth-order valence-corrected chi connectivity index (χ4v) is 1.98. The summed E-state index contributed by atoms with van der Waals surface area (Å²) in [6.45, 7) is 0.0612. The van der Waals surface area contributed by atoms with Crippen molar-refractivity contribution in [3.8, 4) is 0 Å². The van der Waals surface area contributed by atoms with Gasteiger partial charge >= 0.3 is 11.8 Å². The molecule has 0 N–H and O–H groups in total. The van der Waals surface area contributed by atoms with Gasteiger partial charge in [0, 0.05) is 5.39 Å². The minimum Gasteiger partial charge on any atom is -0.455 e. The Hall–Kier alpha value is -2.88. The highest BCUT2D eigenvalue weighted by atomic mass is 16.5. The third-order valence-corrected chi connectivity index (χ3v) is 3.05. The Morgan fingerprint density at radius 1 is 0.952 bits per heavy atom. The predicted octanol–water partition coefficient (Wildman–Crippen LogP) is 3.36. The molecule has 0 atom stereocenters. The molecule has 0 unspecified atom stereocenters. The lowest BCUT2D eigenvalue weighted by Gasteiger charge is -2.02. The molecule has 0 saturated carbocycles. The number of fused-ring (bicyclic) bond motifs is 1. The maximum absolute atomic E-state index is 12.0. The molecular weight excluding hydrogens is 268 g/mol. The first-order chi connectivity index (χ1) is 10.2. The Morgan fingerprint density at radius 3 is 2.43 bits per heavy atom. The van der Waals surface area contributed by atoms with Gasteiger partial charge in [-0.2, -0.15) is 0 Å². The van der Waals surface area contributed by atoms with Crippen molar-refractivity contribution in [1.82, 2.24) is 0 Å². The maximum Gasteiger partial charge on any atom is 0.383 e. The first-order valence-electron chi connectivity index (χ1n) is 6.48. The molecule has 3 rings (SSSR count). The van der Waals surface area contributed by atoms with Crippen LogP contribution in [0.3, 0.4) is 0 Å². The molecule has 3 aromatic rings. The van der Waals surface area contributed by atoms with Gasteiger partial charge < -0.3 is 9.15 Å². The number of hydrogen-bond acceptors (Lipinski definition) is 4. The highest BCUT2D eigenvalue weighted by molar-refractivity contribution is 6.40. The van der Waals surface area contributed by atoms with Gasteiger partial charge in [0.15, 0.2) is 5.76 Å². The van der Waals surface area contributed by atoms with Crippen molar-refractivity contribution in [1.29, 1.82) is 0 Å². The SMILES string of the molecule is O=C(OCc1ccccc1)C(=O)c1cc2ccccc2o1. The summed E-state index contributed by atoms with van der Waals surface area (Å²) in [7, 11) is 0. The summed E-state index contributed by atoms with van der Waals surface area (Å²) in [4.78, 5) is 23.7. The zero-order valence-corrected chi connectivity index (χ0v) is 11.1. The van der Waals surface area contributed by atoms with Gasteiger partial charge in [0.1, 0.15) is 12.2 Å². The second kappa shape index (κ2) is 5.63. The third kappa shape index (κ3) is 2.84. The van der Waals surface area contributed by atoms with E-state index in [-0.39, 0.29) is 12.4 Å². The van der Waals surface area contributed by atoms with Crippen LogP contribution in [0.5, 0.6) is 0 Å². The van der Waals surface area contributed by atoms with Crippen molar-refractivity contribution in [2.24, 2.45) is 0 Å². The number of para-hydroxylation sites is 1. The number of rotatable bonds is 4. The number of ketones is 1. The Labute approximate surface area is 120 Å². The molecule has 0 aliphatic rings. The molecule has 2 aromatic carbocycles. The number of hydrogen-bond donors (Lipinski definition) is 0. The van der Waals surface area contributed by atoms with Gasteiger partial charge in [-0.25, -0.2) is 4.79 Å². The molecule has 0 fully saturated rings. The van der Waals surface area contributed by atoms with Gasteiger partial charge in [-0.05, 0) is 17.7 Å². The van der Waals surface area contributed by atoms with E-state index < -0.39 is 11.8 Å². The largest absolute Gasteiger partial charge is 0.455 e. The summed E-state index contributed by atoms with van der Waals surface area (Å²) in [6, 6.07) is 17.9. The predicted molar refractivity (Wildman–Crippen MR) is 76.8 cm³/mol. The molecule has 0 aliphatic carbocycles. The van der Waals surface area contributed by atoms with E-state index in [1.165, 1.54) is 0 Å². The highest BCUT2D eigenvalue weighted by Crippen LogP contribution is 2.19. The van der Waals surface area contributed by atoms with E-state index in [1.54, 1.807) is 18.2 Å². The summed E-state index contributed by atoms with van der Waals surface area (Å²) in [6.07, 6.45) is 0. The van der Waals surface area contributed by atoms with Crippen LogP contribution in [0.2, 0.25) is 0 Å². The molecular formula is C17H12O4. The van der Waals surface area contributed by atoms with Crippen LogP contribution in [0.15, 0.2) is 65.1 Å². The minimum atomic E-state index is -0.919. The van der Waals surface area contributed by atoms with E-state index in [4.69, 9.17) is 9.15 Å². The van der Waals surface area contributed by atoms with Gasteiger partial charge in [0.25, 0.3) is 0 Å². The van der Waals surface area contributed by atoms with Crippen molar-refractivity contribution in [3.05, 3.63) is 72.0 Å². The molecule has 104 valence electrons. The fourth-order valence-electron chi connectivity index (χ4n) is 1.98. The molecule has 0 amide bonds. The van der Waals surface area contributed by atoms with Crippen molar-refractivity contribution >= 4 is 22.7 Å². The van der Waals surface area contributed by atoms with Crippen LogP contribution in [0, 0.1) is 0 Å². The maximum atomic E-state index is 12.0. The van der Waals surface area contributed by atoms with E-state index in [0.717, 1.165) is 10.9 Å². The monoisotopic (exact) mass is 280 g/mol. The van der Waals surface area contributed by atoms with Crippen molar-refractivity contribution in [2.45, 2.75) is 6.61 Å². The van der Waals surface area contributed by atoms with Crippen LogP contribution in [0.4, 0.5) is 0 Å². The van der Waals surface area contributed by atoms with Gasteiger partial charge in [-0.3, -0.25) is 4.79 Å². The van der Waals surface area contributed by atoms with Crippen LogP contribution < -0.4 is 0 Å². The number of carbonyl (C=O) groups excluding carboxylic acids is 2. The van der Waals surface area contributed by atoms with Crippen LogP contribution in [0.25, 0.3) is 11.0 Å². The summed E-state index contributed by atoms with van der Waals surface area (Å²) in [5, 5.41) is 0.775. The molecule has 0 saturated heterocycles. The summed E-state index contributed by atoms with van der Waals surface area (Å²) in [5.41, 5.74) is 1.39. The van der Waals surface area contributed by atoms with E-state index in [1.807, 2.05) is 42.5 Å². The second-order valence-electron chi connectivity index (χ2n) is 4.54. The van der Waals surface area contributed by atoms with Crippen molar-refractivity contribution in [2.75, 3.05) is 0 Å². The Bertz CT molecular complexity index is 754. The van der Waals surface area contributed by atoms with Gasteiger partial charge in [-0.1, -0.05) is 48.5 Å². The molecule has 0 spiro atoms. The number of furan rings is 1. The lowest BCUT2D eigenvalue weighted by molar-refractivity contribution is -0.139. The topological polar surface area (TPSA) is 56.5 Å². The molecule has 0 aliphatic heterocycles. The van der Waals surface area contributed by atoms with Gasteiger partial charge in [0.2, 0.25) is 0 Å². The third-order valence-electron chi connectivity index (χ3n) is 3.05. The minimum absolute atomic E-state index is 0.00531. The van der Waals surface area contributed by atoms with E-state index in [9.17, 15) is 9.59 Å². The van der Waals surface area contributed by atoms with Crippen LogP contribution in [-0.4, -0.2) is 11.8 Å². The number of Topliss-reactive ketones (excluding diaryl/α,β-unsaturated/α-hetero) is 1. The van der Waals surface area contributed by atoms with Crippen LogP contribution in [0.1, 0.15) is 16.1 Å². The van der Waals surface area contributed by atoms with Crippen molar-refractivity contribution < 1.29 is 18.7 Å². The molecule has 1 aromatic heterocycles. The molecule has 1 heterocycles. The highest BCUT2D eigenvalue weighted by Gasteiger charge is 2.22. The number of benzene rings is 2. The lowest BCUT2D eigenvalue weighted by atomic mass is 10.2. The second-order valence-corrected chi connectivity index (χ2v) is 4.54. The van der Waals surface area contributed by atoms with Crippen LogP contribution >= 0.6 is 0 Å². The molecule has 21 heavy (non-hydrogen) atoms. The average molecular weight is 280 g/mol. The van der Waals surface area contributed by atoms with E-state index in [0.29, 0.717) is 5.58 Å². The number of ether oxygens (including phenoxy) is 1. The molecule has 4 heteroatoms. The van der Waals surface area contributed by atoms with Gasteiger partial charge in [-0.15, -0.1) is 0 Å². The van der Waals surface area contributed by atoms with Crippen LogP contribution in [-0.2, 0) is 16.1 Å². The smallest absolute Gasteiger partial charge is 0.383 e. The molecule has 0 bridgehead atoms. The van der Waals surface area contributed by atoms with E-state index in [2.05, 4.69) is 0 Å². The zero-order chi connectivity index (χ0) is 14.7. The lowest BCUT2D eigenvalue weighted by Crippen LogP contribution is -2.16. The Balaban J connectivity index is 1.71. The summed E-state index contributed by atoms with van der Waals surface area (Å²) < 4.78 is 10.3. The number of esters is 1. The first-order valence-corrected chi connectivity index (χ1v) is 6.48.